The fraction of sp³-hybridized carbons (Fsp3) is 0.778. The molecular weight excluding hydrogens is 326 g/mol. The summed E-state index contributed by atoms with van der Waals surface area (Å²) < 4.78 is 11.1. The van der Waals surface area contributed by atoms with Crippen molar-refractivity contribution in [2.24, 2.45) is 11.8 Å². The lowest BCUT2D eigenvalue weighted by atomic mass is 9.79. The minimum atomic E-state index is -1.89. The van der Waals surface area contributed by atoms with Crippen LogP contribution in [0.5, 0.6) is 0 Å². The second-order valence-corrected chi connectivity index (χ2v) is 7.50. The van der Waals surface area contributed by atoms with Gasteiger partial charge in [-0.15, -0.1) is 0 Å². The summed E-state index contributed by atoms with van der Waals surface area (Å²) in [4.78, 5) is 27.3. The molecule has 0 aromatic carbocycles. The van der Waals surface area contributed by atoms with Gasteiger partial charge in [-0.3, -0.25) is 9.69 Å². The van der Waals surface area contributed by atoms with E-state index in [2.05, 4.69) is 4.90 Å². The molecule has 6 unspecified atom stereocenters. The average molecular weight is 353 g/mol. The number of carbonyl (C=O) groups is 2. The first-order valence-electron chi connectivity index (χ1n) is 8.98. The molecule has 3 aliphatic heterocycles. The van der Waals surface area contributed by atoms with E-state index < -0.39 is 35.5 Å². The minimum absolute atomic E-state index is 0.0597. The van der Waals surface area contributed by atoms with E-state index in [9.17, 15) is 19.8 Å². The van der Waals surface area contributed by atoms with Crippen LogP contribution >= 0.6 is 0 Å². The van der Waals surface area contributed by atoms with Gasteiger partial charge in [-0.05, 0) is 25.3 Å². The van der Waals surface area contributed by atoms with Gasteiger partial charge in [0, 0.05) is 19.0 Å². The van der Waals surface area contributed by atoms with E-state index in [-0.39, 0.29) is 18.8 Å². The van der Waals surface area contributed by atoms with Gasteiger partial charge in [0.25, 0.3) is 0 Å². The van der Waals surface area contributed by atoms with Crippen molar-refractivity contribution >= 4 is 11.9 Å². The van der Waals surface area contributed by atoms with E-state index in [0.717, 1.165) is 25.1 Å². The van der Waals surface area contributed by atoms with Crippen LogP contribution in [0.3, 0.4) is 0 Å². The van der Waals surface area contributed by atoms with Crippen molar-refractivity contribution in [2.45, 2.75) is 57.5 Å². The number of cyclic esters (lactones) is 1. The zero-order chi connectivity index (χ0) is 18.4. The Morgan fingerprint density at radius 1 is 1.40 bits per heavy atom. The van der Waals surface area contributed by atoms with Gasteiger partial charge >= 0.3 is 11.9 Å². The molecular formula is C18H27NO6. The van der Waals surface area contributed by atoms with Crippen molar-refractivity contribution in [3.05, 3.63) is 11.6 Å². The fourth-order valence-electron chi connectivity index (χ4n) is 4.07. The molecule has 0 spiro atoms. The number of rotatable bonds is 1. The highest BCUT2D eigenvalue weighted by Gasteiger charge is 2.48. The van der Waals surface area contributed by atoms with Gasteiger partial charge in [0.1, 0.15) is 12.7 Å². The lowest BCUT2D eigenvalue weighted by molar-refractivity contribution is -0.180. The van der Waals surface area contributed by atoms with Gasteiger partial charge in [0.05, 0.1) is 18.1 Å². The summed E-state index contributed by atoms with van der Waals surface area (Å²) in [5.41, 5.74) is -0.985. The summed E-state index contributed by atoms with van der Waals surface area (Å²) in [6, 6.07) is -0.0896. The molecule has 3 aliphatic rings. The molecule has 0 bridgehead atoms. The topological polar surface area (TPSA) is 96.3 Å². The van der Waals surface area contributed by atoms with E-state index >= 15 is 0 Å². The standard InChI is InChI=1S/C18H27NO6/c1-4-12-15(20)10(2)18(3,23)17(22)24-9-11-5-7-19-8-6-13(14(11)19)25-16(12)21/h5,10,12-15,20,23H,4,6-9H2,1-3H3. The highest BCUT2D eigenvalue weighted by Crippen LogP contribution is 2.35. The Morgan fingerprint density at radius 2 is 2.12 bits per heavy atom. The second kappa shape index (κ2) is 6.70. The molecule has 7 heteroatoms. The molecule has 2 N–H and O–H groups in total. The molecule has 0 saturated carbocycles. The van der Waals surface area contributed by atoms with Gasteiger partial charge in [-0.1, -0.05) is 19.9 Å². The Labute approximate surface area is 147 Å². The molecule has 6 atom stereocenters. The van der Waals surface area contributed by atoms with Crippen LogP contribution in [0.15, 0.2) is 11.6 Å². The summed E-state index contributed by atoms with van der Waals surface area (Å²) in [6.45, 7) is 6.25. The fourth-order valence-corrected chi connectivity index (χ4v) is 4.07. The van der Waals surface area contributed by atoms with E-state index in [1.54, 1.807) is 13.8 Å². The Bertz CT molecular complexity index is 586. The second-order valence-electron chi connectivity index (χ2n) is 7.50. The van der Waals surface area contributed by atoms with Gasteiger partial charge in [0.2, 0.25) is 0 Å². The van der Waals surface area contributed by atoms with Gasteiger partial charge < -0.3 is 19.7 Å². The summed E-state index contributed by atoms with van der Waals surface area (Å²) in [7, 11) is 0. The Morgan fingerprint density at radius 3 is 2.80 bits per heavy atom. The highest BCUT2D eigenvalue weighted by atomic mass is 16.6. The summed E-state index contributed by atoms with van der Waals surface area (Å²) >= 11 is 0. The van der Waals surface area contributed by atoms with Gasteiger partial charge in [-0.25, -0.2) is 4.79 Å². The molecule has 140 valence electrons. The van der Waals surface area contributed by atoms with Crippen LogP contribution in [0.4, 0.5) is 0 Å². The number of hydrogen-bond acceptors (Lipinski definition) is 7. The number of ether oxygens (including phenoxy) is 2. The zero-order valence-corrected chi connectivity index (χ0v) is 15.0. The van der Waals surface area contributed by atoms with Crippen molar-refractivity contribution in [3.8, 4) is 0 Å². The van der Waals surface area contributed by atoms with E-state index in [4.69, 9.17) is 9.47 Å². The molecule has 0 aromatic rings. The van der Waals surface area contributed by atoms with Crippen LogP contribution < -0.4 is 0 Å². The number of carbonyl (C=O) groups excluding carboxylic acids is 2. The van der Waals surface area contributed by atoms with Crippen molar-refractivity contribution in [1.29, 1.82) is 0 Å². The van der Waals surface area contributed by atoms with Crippen LogP contribution in [-0.4, -0.2) is 70.6 Å². The van der Waals surface area contributed by atoms with Crippen molar-refractivity contribution in [2.75, 3.05) is 19.7 Å². The molecule has 0 aromatic heterocycles. The zero-order valence-electron chi connectivity index (χ0n) is 15.0. The first-order valence-corrected chi connectivity index (χ1v) is 8.98. The third-order valence-electron chi connectivity index (χ3n) is 6.02. The largest absolute Gasteiger partial charge is 0.460 e. The van der Waals surface area contributed by atoms with Crippen molar-refractivity contribution < 1.29 is 29.3 Å². The van der Waals surface area contributed by atoms with Gasteiger partial charge in [0.15, 0.2) is 5.60 Å². The SMILES string of the molecule is CCC1C(=O)OC2CCN3CC=C(COC(=O)C(C)(O)C(C)C1O)C23. The first kappa shape index (κ1) is 18.4. The van der Waals surface area contributed by atoms with Crippen LogP contribution in [0.1, 0.15) is 33.6 Å². The number of nitrogens with zero attached hydrogens (tertiary/aromatic N) is 1. The van der Waals surface area contributed by atoms with Crippen molar-refractivity contribution in [1.82, 2.24) is 4.90 Å². The molecule has 0 amide bonds. The molecule has 7 nitrogen and oxygen atoms in total. The first-order chi connectivity index (χ1) is 11.8. The predicted octanol–water partition coefficient (Wildman–Crippen LogP) is 0.244. The number of aliphatic hydroxyl groups excluding tert-OH is 1. The van der Waals surface area contributed by atoms with E-state index in [1.165, 1.54) is 6.92 Å². The summed E-state index contributed by atoms with van der Waals surface area (Å²) in [5, 5.41) is 21.2. The van der Waals surface area contributed by atoms with Crippen LogP contribution in [0, 0.1) is 11.8 Å². The molecule has 3 heterocycles. The maximum Gasteiger partial charge on any atom is 0.338 e. The molecule has 2 fully saturated rings. The molecule has 25 heavy (non-hydrogen) atoms. The number of aliphatic hydroxyl groups is 2. The summed E-state index contributed by atoms with van der Waals surface area (Å²) in [5.74, 6) is -2.91. The maximum atomic E-state index is 12.7. The van der Waals surface area contributed by atoms with Gasteiger partial charge in [-0.2, -0.15) is 0 Å². The number of hydrogen-bond donors (Lipinski definition) is 2. The van der Waals surface area contributed by atoms with Crippen LogP contribution in [0.2, 0.25) is 0 Å². The Hall–Kier alpha value is -1.44. The van der Waals surface area contributed by atoms with E-state index in [0.29, 0.717) is 6.42 Å². The molecule has 0 aliphatic carbocycles. The third-order valence-corrected chi connectivity index (χ3v) is 6.02. The number of esters is 2. The molecule has 2 saturated heterocycles. The summed E-state index contributed by atoms with van der Waals surface area (Å²) in [6.07, 6.45) is 1.58. The Balaban J connectivity index is 1.93. The lowest BCUT2D eigenvalue weighted by Gasteiger charge is -2.36. The average Bonchev–Trinajstić information content (AvgIpc) is 3.14. The maximum absolute atomic E-state index is 12.7. The van der Waals surface area contributed by atoms with Crippen LogP contribution in [-0.2, 0) is 19.1 Å². The van der Waals surface area contributed by atoms with Crippen molar-refractivity contribution in [3.63, 3.8) is 0 Å². The predicted molar refractivity (Wildman–Crippen MR) is 88.5 cm³/mol. The lowest BCUT2D eigenvalue weighted by Crippen LogP contribution is -2.52. The van der Waals surface area contributed by atoms with E-state index in [1.807, 2.05) is 6.08 Å². The molecule has 0 radical (unpaired) electrons. The molecule has 3 rings (SSSR count). The quantitative estimate of drug-likeness (QED) is 0.515. The monoisotopic (exact) mass is 353 g/mol. The highest BCUT2D eigenvalue weighted by molar-refractivity contribution is 5.80. The third kappa shape index (κ3) is 3.09. The van der Waals surface area contributed by atoms with Crippen LogP contribution in [0.25, 0.3) is 0 Å². The normalized spacial score (nSPS) is 42.8. The Kier molecular flexibility index (Phi) is 4.92. The smallest absolute Gasteiger partial charge is 0.338 e. The minimum Gasteiger partial charge on any atom is -0.460 e.